The van der Waals surface area contributed by atoms with E-state index in [0.717, 1.165) is 11.5 Å². The minimum Gasteiger partial charge on any atom is -0.282 e. The molecule has 3 heteroatoms. The minimum absolute atomic E-state index is 0.992. The maximum atomic E-state index is 3.84. The molecule has 1 aromatic rings. The molecule has 2 nitrogen and oxygen atoms in total. The Morgan fingerprint density at radius 2 is 2.70 bits per heavy atom. The predicted molar refractivity (Wildman–Crippen MR) is 44.9 cm³/mol. The monoisotopic (exact) mass is 154 g/mol. The highest BCUT2D eigenvalue weighted by molar-refractivity contribution is 7.98. The molecule has 0 saturated heterocycles. The second-order valence-electron chi connectivity index (χ2n) is 1.89. The van der Waals surface area contributed by atoms with Crippen molar-refractivity contribution < 1.29 is 0 Å². The summed E-state index contributed by atoms with van der Waals surface area (Å²) in [5.74, 6) is 1.99. The number of hydrogen-bond donors (Lipinski definition) is 1. The van der Waals surface area contributed by atoms with Crippen LogP contribution in [0.2, 0.25) is 0 Å². The first-order chi connectivity index (χ1) is 4.93. The smallest absolute Gasteiger partial charge is 0.0490 e. The molecule has 1 rings (SSSR count). The Morgan fingerprint density at radius 1 is 1.80 bits per heavy atom. The molecular weight excluding hydrogens is 144 g/mol. The lowest BCUT2D eigenvalue weighted by Gasteiger charge is -1.91. The normalized spacial score (nSPS) is 9.60. The number of thioether (sulfide) groups is 1. The lowest BCUT2D eigenvalue weighted by molar-refractivity contribution is 1.04. The van der Waals surface area contributed by atoms with E-state index in [4.69, 9.17) is 0 Å². The standard InChI is InChI=1S/C7H10N2S/c1-2-5-10-6-7-3-4-8-9-7/h2-4H,1,5-6H2,(H,8,9). The molecule has 54 valence electrons. The summed E-state index contributed by atoms with van der Waals surface area (Å²) in [6.45, 7) is 3.63. The molecule has 1 aromatic heterocycles. The first-order valence-electron chi connectivity index (χ1n) is 3.10. The second kappa shape index (κ2) is 4.17. The third-order valence-corrected chi connectivity index (χ3v) is 2.04. The van der Waals surface area contributed by atoms with Gasteiger partial charge in [-0.1, -0.05) is 6.08 Å². The number of hydrogen-bond acceptors (Lipinski definition) is 2. The van der Waals surface area contributed by atoms with Crippen LogP contribution in [0, 0.1) is 0 Å². The molecule has 0 amide bonds. The van der Waals surface area contributed by atoms with Crippen LogP contribution in [0.5, 0.6) is 0 Å². The zero-order valence-electron chi connectivity index (χ0n) is 5.71. The van der Waals surface area contributed by atoms with Crippen LogP contribution in [0.3, 0.4) is 0 Å². The molecule has 0 spiro atoms. The molecule has 0 radical (unpaired) electrons. The summed E-state index contributed by atoms with van der Waals surface area (Å²) in [6.07, 6.45) is 3.67. The Bertz CT molecular complexity index is 181. The van der Waals surface area contributed by atoms with Crippen molar-refractivity contribution in [3.63, 3.8) is 0 Å². The summed E-state index contributed by atoms with van der Waals surface area (Å²) >= 11 is 1.82. The SMILES string of the molecule is C=CCSCc1ccn[nH]1. The van der Waals surface area contributed by atoms with Gasteiger partial charge in [0.15, 0.2) is 0 Å². The molecular formula is C7H10N2S. The lowest BCUT2D eigenvalue weighted by Crippen LogP contribution is -1.80. The Kier molecular flexibility index (Phi) is 3.09. The van der Waals surface area contributed by atoms with Gasteiger partial charge in [-0.2, -0.15) is 16.9 Å². The summed E-state index contributed by atoms with van der Waals surface area (Å²) in [5, 5.41) is 6.73. The minimum atomic E-state index is 0.992. The summed E-state index contributed by atoms with van der Waals surface area (Å²) in [5.41, 5.74) is 1.17. The third kappa shape index (κ3) is 2.27. The van der Waals surface area contributed by atoms with Gasteiger partial charge in [0.2, 0.25) is 0 Å². The van der Waals surface area contributed by atoms with Crippen LogP contribution in [-0.2, 0) is 5.75 Å². The fourth-order valence-electron chi connectivity index (χ4n) is 0.617. The molecule has 1 heterocycles. The Balaban J connectivity index is 2.21. The number of H-pyrrole nitrogens is 1. The summed E-state index contributed by atoms with van der Waals surface area (Å²) in [7, 11) is 0. The second-order valence-corrected chi connectivity index (χ2v) is 2.92. The van der Waals surface area contributed by atoms with Crippen molar-refractivity contribution in [3.05, 3.63) is 30.6 Å². The van der Waals surface area contributed by atoms with E-state index in [0.29, 0.717) is 0 Å². The highest BCUT2D eigenvalue weighted by Crippen LogP contribution is 2.07. The van der Waals surface area contributed by atoms with E-state index in [1.54, 1.807) is 6.20 Å². The fourth-order valence-corrected chi connectivity index (χ4v) is 1.28. The Labute approximate surface area is 64.7 Å². The van der Waals surface area contributed by atoms with Crippen molar-refractivity contribution in [2.24, 2.45) is 0 Å². The zero-order valence-corrected chi connectivity index (χ0v) is 6.53. The molecule has 0 aliphatic rings. The van der Waals surface area contributed by atoms with Crippen LogP contribution in [0.15, 0.2) is 24.9 Å². The van der Waals surface area contributed by atoms with Crippen molar-refractivity contribution in [2.45, 2.75) is 5.75 Å². The quantitative estimate of drug-likeness (QED) is 0.529. The van der Waals surface area contributed by atoms with Gasteiger partial charge >= 0.3 is 0 Å². The number of rotatable bonds is 4. The van der Waals surface area contributed by atoms with Crippen LogP contribution in [0.4, 0.5) is 0 Å². The third-order valence-electron chi connectivity index (χ3n) is 1.05. The molecule has 0 fully saturated rings. The van der Waals surface area contributed by atoms with Crippen molar-refractivity contribution in [2.75, 3.05) is 5.75 Å². The van der Waals surface area contributed by atoms with Crippen LogP contribution >= 0.6 is 11.8 Å². The highest BCUT2D eigenvalue weighted by Gasteiger charge is 1.90. The van der Waals surface area contributed by atoms with E-state index < -0.39 is 0 Å². The van der Waals surface area contributed by atoms with Crippen molar-refractivity contribution in [1.82, 2.24) is 10.2 Å². The molecule has 1 N–H and O–H groups in total. The van der Waals surface area contributed by atoms with Crippen LogP contribution < -0.4 is 0 Å². The van der Waals surface area contributed by atoms with Gasteiger partial charge in [0.05, 0.1) is 0 Å². The van der Waals surface area contributed by atoms with Crippen molar-refractivity contribution in [1.29, 1.82) is 0 Å². The Hall–Kier alpha value is -0.700. The van der Waals surface area contributed by atoms with Gasteiger partial charge in [-0.05, 0) is 6.07 Å². The number of aromatic amines is 1. The van der Waals surface area contributed by atoms with Crippen LogP contribution in [0.1, 0.15) is 5.69 Å². The molecule has 0 saturated carbocycles. The van der Waals surface area contributed by atoms with Crippen molar-refractivity contribution >= 4 is 11.8 Å². The van der Waals surface area contributed by atoms with Gasteiger partial charge in [0.1, 0.15) is 0 Å². The number of aromatic nitrogens is 2. The molecule has 0 unspecified atom stereocenters. The van der Waals surface area contributed by atoms with E-state index in [-0.39, 0.29) is 0 Å². The first-order valence-corrected chi connectivity index (χ1v) is 4.26. The highest BCUT2D eigenvalue weighted by atomic mass is 32.2. The first kappa shape index (κ1) is 7.41. The number of nitrogens with zero attached hydrogens (tertiary/aromatic N) is 1. The van der Waals surface area contributed by atoms with Crippen LogP contribution in [-0.4, -0.2) is 16.0 Å². The average molecular weight is 154 g/mol. The molecule has 0 bridgehead atoms. The molecule has 0 aliphatic heterocycles. The van der Waals surface area contributed by atoms with Crippen LogP contribution in [0.25, 0.3) is 0 Å². The van der Waals surface area contributed by atoms with Crippen molar-refractivity contribution in [3.8, 4) is 0 Å². The molecule has 0 atom stereocenters. The van der Waals surface area contributed by atoms with Gasteiger partial charge in [-0.25, -0.2) is 0 Å². The fraction of sp³-hybridized carbons (Fsp3) is 0.286. The number of nitrogens with one attached hydrogen (secondary N) is 1. The lowest BCUT2D eigenvalue weighted by atomic mass is 10.5. The van der Waals surface area contributed by atoms with E-state index in [2.05, 4.69) is 16.8 Å². The van der Waals surface area contributed by atoms with E-state index in [9.17, 15) is 0 Å². The zero-order chi connectivity index (χ0) is 7.23. The van der Waals surface area contributed by atoms with Gasteiger partial charge in [-0.15, -0.1) is 6.58 Å². The molecule has 0 aromatic carbocycles. The van der Waals surface area contributed by atoms with E-state index in [1.165, 1.54) is 5.69 Å². The van der Waals surface area contributed by atoms with E-state index >= 15 is 0 Å². The van der Waals surface area contributed by atoms with Gasteiger partial charge in [0.25, 0.3) is 0 Å². The Morgan fingerprint density at radius 3 is 3.30 bits per heavy atom. The maximum absolute atomic E-state index is 3.84. The maximum Gasteiger partial charge on any atom is 0.0490 e. The largest absolute Gasteiger partial charge is 0.282 e. The van der Waals surface area contributed by atoms with Gasteiger partial charge < -0.3 is 0 Å². The summed E-state index contributed by atoms with van der Waals surface area (Å²) in [6, 6.07) is 1.98. The van der Waals surface area contributed by atoms with Gasteiger partial charge in [-0.3, -0.25) is 5.10 Å². The molecule has 10 heavy (non-hydrogen) atoms. The molecule has 0 aliphatic carbocycles. The summed E-state index contributed by atoms with van der Waals surface area (Å²) < 4.78 is 0. The van der Waals surface area contributed by atoms with E-state index in [1.807, 2.05) is 23.9 Å². The summed E-state index contributed by atoms with van der Waals surface area (Å²) in [4.78, 5) is 0. The average Bonchev–Trinajstić information content (AvgIpc) is 2.41. The van der Waals surface area contributed by atoms with Gasteiger partial charge in [0, 0.05) is 23.4 Å². The topological polar surface area (TPSA) is 28.7 Å². The predicted octanol–water partition coefficient (Wildman–Crippen LogP) is 1.83.